The summed E-state index contributed by atoms with van der Waals surface area (Å²) in [5, 5.41) is 0. The molecule has 0 saturated heterocycles. The average molecular weight is 305 g/mol. The molecule has 0 aromatic carbocycles. The number of anilines is 1. The number of pyridine rings is 2. The van der Waals surface area contributed by atoms with Gasteiger partial charge >= 0.3 is 0 Å². The van der Waals surface area contributed by atoms with Crippen molar-refractivity contribution in [3.63, 3.8) is 0 Å². The van der Waals surface area contributed by atoms with Crippen molar-refractivity contribution in [1.29, 1.82) is 0 Å². The monoisotopic (exact) mass is 305 g/mol. The summed E-state index contributed by atoms with van der Waals surface area (Å²) in [6, 6.07) is 5.63. The van der Waals surface area contributed by atoms with Gasteiger partial charge in [0, 0.05) is 30.2 Å². The highest BCUT2D eigenvalue weighted by atomic mass is 32.2. The van der Waals surface area contributed by atoms with Gasteiger partial charge < -0.3 is 15.2 Å². The van der Waals surface area contributed by atoms with E-state index in [0.29, 0.717) is 23.9 Å². The predicted octanol–water partition coefficient (Wildman–Crippen LogP) is 3.15. The van der Waals surface area contributed by atoms with Crippen LogP contribution < -0.4 is 10.5 Å². The number of rotatable bonds is 7. The molecule has 0 radical (unpaired) electrons. The first kappa shape index (κ1) is 15.6. The van der Waals surface area contributed by atoms with Gasteiger partial charge in [0.2, 0.25) is 0 Å². The Morgan fingerprint density at radius 3 is 2.90 bits per heavy atom. The lowest BCUT2D eigenvalue weighted by Crippen LogP contribution is -1.99. The van der Waals surface area contributed by atoms with E-state index < -0.39 is 0 Å². The smallest absolute Gasteiger partial charge is 0.170 e. The Bertz CT molecular complexity index is 593. The summed E-state index contributed by atoms with van der Waals surface area (Å²) in [6.07, 6.45) is 4.29. The van der Waals surface area contributed by atoms with Crippen molar-refractivity contribution in [3.05, 3.63) is 36.3 Å². The largest absolute Gasteiger partial charge is 0.452 e. The van der Waals surface area contributed by atoms with Gasteiger partial charge in [-0.3, -0.25) is 4.98 Å². The topological polar surface area (TPSA) is 70.3 Å². The molecule has 0 amide bonds. The zero-order valence-corrected chi connectivity index (χ0v) is 13.0. The first-order valence-electron chi connectivity index (χ1n) is 6.73. The highest BCUT2D eigenvalue weighted by Gasteiger charge is 2.09. The van der Waals surface area contributed by atoms with Crippen LogP contribution in [0.5, 0.6) is 11.5 Å². The van der Waals surface area contributed by atoms with E-state index in [1.807, 2.05) is 25.1 Å². The van der Waals surface area contributed by atoms with Crippen LogP contribution in [0.2, 0.25) is 0 Å². The van der Waals surface area contributed by atoms with Gasteiger partial charge in [0.05, 0.1) is 12.3 Å². The fourth-order valence-electron chi connectivity index (χ4n) is 1.74. The maximum Gasteiger partial charge on any atom is 0.170 e. The minimum absolute atomic E-state index is 0.372. The molecular weight excluding hydrogens is 286 g/mol. The van der Waals surface area contributed by atoms with E-state index in [9.17, 15) is 0 Å². The number of nitrogen functional groups attached to an aromatic ring is 1. The number of methoxy groups -OCH3 is 1. The number of nitrogens with zero attached hydrogens (tertiary/aromatic N) is 2. The van der Waals surface area contributed by atoms with Crippen LogP contribution in [0.25, 0.3) is 0 Å². The van der Waals surface area contributed by atoms with Gasteiger partial charge in [0.15, 0.2) is 11.6 Å². The molecular formula is C15H19N3O2S. The molecule has 2 rings (SSSR count). The van der Waals surface area contributed by atoms with Crippen molar-refractivity contribution in [3.8, 4) is 11.5 Å². The number of hydrogen-bond donors (Lipinski definition) is 1. The van der Waals surface area contributed by atoms with Gasteiger partial charge in [0.25, 0.3) is 0 Å². The molecule has 0 aliphatic rings. The second kappa shape index (κ2) is 7.85. The van der Waals surface area contributed by atoms with E-state index in [1.54, 1.807) is 31.3 Å². The van der Waals surface area contributed by atoms with Gasteiger partial charge in [-0.1, -0.05) is 6.92 Å². The number of nitrogens with two attached hydrogens (primary N) is 1. The average Bonchev–Trinajstić information content (AvgIpc) is 2.51. The van der Waals surface area contributed by atoms with Crippen molar-refractivity contribution in [2.24, 2.45) is 0 Å². The van der Waals surface area contributed by atoms with Crippen molar-refractivity contribution < 1.29 is 9.47 Å². The lowest BCUT2D eigenvalue weighted by molar-refractivity contribution is 0.218. The molecule has 2 heterocycles. The van der Waals surface area contributed by atoms with Crippen LogP contribution in [0, 0.1) is 0 Å². The summed E-state index contributed by atoms with van der Waals surface area (Å²) in [5.74, 6) is 2.50. The summed E-state index contributed by atoms with van der Waals surface area (Å²) in [4.78, 5) is 9.48. The van der Waals surface area contributed by atoms with Gasteiger partial charge in [-0.15, -0.1) is 11.8 Å². The van der Waals surface area contributed by atoms with E-state index >= 15 is 0 Å². The van der Waals surface area contributed by atoms with Gasteiger partial charge in [0.1, 0.15) is 5.75 Å². The first-order valence-corrected chi connectivity index (χ1v) is 7.72. The van der Waals surface area contributed by atoms with E-state index in [4.69, 9.17) is 15.2 Å². The molecule has 0 aliphatic heterocycles. The standard InChI is InChI=1S/C15H19N3O2S/c1-3-12-13(5-4-6-17-12)20-14-9-11(10-18-15(14)16)21-8-7-19-2/h4-6,9-10H,3,7-8H2,1-2H3,(H2,16,18). The Kier molecular flexibility index (Phi) is 5.83. The van der Waals surface area contributed by atoms with E-state index in [1.165, 1.54) is 0 Å². The minimum Gasteiger partial charge on any atom is -0.452 e. The zero-order chi connectivity index (χ0) is 15.1. The Morgan fingerprint density at radius 2 is 2.14 bits per heavy atom. The fraction of sp³-hybridized carbons (Fsp3) is 0.333. The molecule has 2 aromatic heterocycles. The van der Waals surface area contributed by atoms with Crippen LogP contribution in [-0.2, 0) is 11.2 Å². The highest BCUT2D eigenvalue weighted by Crippen LogP contribution is 2.31. The lowest BCUT2D eigenvalue weighted by atomic mass is 10.2. The molecule has 6 heteroatoms. The summed E-state index contributed by atoms with van der Waals surface area (Å²) in [7, 11) is 1.69. The van der Waals surface area contributed by atoms with Gasteiger partial charge in [-0.2, -0.15) is 0 Å². The maximum atomic E-state index is 5.89. The summed E-state index contributed by atoms with van der Waals surface area (Å²) in [5.41, 5.74) is 6.79. The normalized spacial score (nSPS) is 10.6. The molecule has 21 heavy (non-hydrogen) atoms. The molecule has 0 atom stereocenters. The number of ether oxygens (including phenoxy) is 2. The maximum absolute atomic E-state index is 5.89. The molecule has 112 valence electrons. The van der Waals surface area contributed by atoms with Crippen molar-refractivity contribution in [2.45, 2.75) is 18.2 Å². The van der Waals surface area contributed by atoms with E-state index in [-0.39, 0.29) is 0 Å². The van der Waals surface area contributed by atoms with Crippen molar-refractivity contribution in [1.82, 2.24) is 9.97 Å². The molecule has 0 fully saturated rings. The van der Waals surface area contributed by atoms with E-state index in [0.717, 1.165) is 22.8 Å². The molecule has 2 aromatic rings. The van der Waals surface area contributed by atoms with Crippen LogP contribution in [0.3, 0.4) is 0 Å². The minimum atomic E-state index is 0.372. The second-order valence-corrected chi connectivity index (χ2v) is 5.47. The van der Waals surface area contributed by atoms with Crippen LogP contribution in [0.15, 0.2) is 35.5 Å². The summed E-state index contributed by atoms with van der Waals surface area (Å²) >= 11 is 1.65. The zero-order valence-electron chi connectivity index (χ0n) is 12.2. The molecule has 0 aliphatic carbocycles. The van der Waals surface area contributed by atoms with Crippen LogP contribution >= 0.6 is 11.8 Å². The number of aryl methyl sites for hydroxylation is 1. The second-order valence-electron chi connectivity index (χ2n) is 4.30. The predicted molar refractivity (Wildman–Crippen MR) is 84.9 cm³/mol. The van der Waals surface area contributed by atoms with E-state index in [2.05, 4.69) is 9.97 Å². The molecule has 0 spiro atoms. The molecule has 2 N–H and O–H groups in total. The third-order valence-corrected chi connectivity index (χ3v) is 3.74. The SMILES string of the molecule is CCc1ncccc1Oc1cc(SCCOC)cnc1N. The van der Waals surface area contributed by atoms with Gasteiger partial charge in [-0.25, -0.2) is 4.98 Å². The van der Waals surface area contributed by atoms with Crippen LogP contribution in [-0.4, -0.2) is 29.4 Å². The summed E-state index contributed by atoms with van der Waals surface area (Å²) < 4.78 is 10.9. The number of hydrogen-bond acceptors (Lipinski definition) is 6. The molecule has 0 bridgehead atoms. The third-order valence-electron chi connectivity index (χ3n) is 2.82. The summed E-state index contributed by atoms with van der Waals surface area (Å²) in [6.45, 7) is 2.72. The van der Waals surface area contributed by atoms with Crippen molar-refractivity contribution >= 4 is 17.6 Å². The molecule has 0 saturated carbocycles. The number of thioether (sulfide) groups is 1. The van der Waals surface area contributed by atoms with Crippen LogP contribution in [0.1, 0.15) is 12.6 Å². The Hall–Kier alpha value is -1.79. The lowest BCUT2D eigenvalue weighted by Gasteiger charge is -2.11. The fourth-order valence-corrected chi connectivity index (χ4v) is 2.54. The van der Waals surface area contributed by atoms with Crippen LogP contribution in [0.4, 0.5) is 5.82 Å². The Morgan fingerprint density at radius 1 is 1.29 bits per heavy atom. The molecule has 5 nitrogen and oxygen atoms in total. The van der Waals surface area contributed by atoms with Gasteiger partial charge in [-0.05, 0) is 24.6 Å². The quantitative estimate of drug-likeness (QED) is 0.626. The Labute approximate surface area is 128 Å². The van der Waals surface area contributed by atoms with Crippen molar-refractivity contribution in [2.75, 3.05) is 25.2 Å². The molecule has 0 unspecified atom stereocenters. The highest BCUT2D eigenvalue weighted by molar-refractivity contribution is 7.99. The third kappa shape index (κ3) is 4.34. The first-order chi connectivity index (χ1) is 10.2. The number of aromatic nitrogens is 2. The Balaban J connectivity index is 2.16.